The van der Waals surface area contributed by atoms with Gasteiger partial charge in [0.1, 0.15) is 12.0 Å². The minimum absolute atomic E-state index is 0.203. The van der Waals surface area contributed by atoms with Gasteiger partial charge in [-0.3, -0.25) is 4.68 Å². The summed E-state index contributed by atoms with van der Waals surface area (Å²) in [5, 5.41) is 14.9. The van der Waals surface area contributed by atoms with E-state index < -0.39 is 0 Å². The molecule has 1 aliphatic rings. The van der Waals surface area contributed by atoms with Crippen LogP contribution >= 0.6 is 0 Å². The minimum atomic E-state index is -0.203. The van der Waals surface area contributed by atoms with Gasteiger partial charge in [-0.2, -0.15) is 10.4 Å². The van der Waals surface area contributed by atoms with Crippen LogP contribution < -0.4 is 0 Å². The first-order valence-electron chi connectivity index (χ1n) is 8.57. The lowest BCUT2D eigenvalue weighted by atomic mass is 9.70. The molecule has 1 aliphatic carbocycles. The van der Waals surface area contributed by atoms with Crippen molar-refractivity contribution in [3.8, 4) is 17.3 Å². The molecule has 1 N–H and O–H groups in total. The highest BCUT2D eigenvalue weighted by atomic mass is 15.3. The zero-order chi connectivity index (χ0) is 17.4. The fraction of sp³-hybridized carbons (Fsp3) is 0.444. The van der Waals surface area contributed by atoms with Crippen molar-refractivity contribution in [1.29, 1.82) is 5.26 Å². The van der Waals surface area contributed by atoms with Crippen LogP contribution in [0.25, 0.3) is 22.3 Å². The predicted octanol–water partition coefficient (Wildman–Crippen LogP) is 2.54. The molecule has 3 heterocycles. The summed E-state index contributed by atoms with van der Waals surface area (Å²) in [6.07, 6.45) is 9.67. The van der Waals surface area contributed by atoms with Crippen molar-refractivity contribution in [2.24, 2.45) is 0 Å². The van der Waals surface area contributed by atoms with E-state index in [0.29, 0.717) is 12.5 Å². The molecule has 3 aromatic heterocycles. The molecule has 0 atom stereocenters. The molecule has 25 heavy (non-hydrogen) atoms. The topological polar surface area (TPSA) is 86.4 Å². The van der Waals surface area contributed by atoms with Crippen LogP contribution in [0.4, 0.5) is 0 Å². The second-order valence-electron chi connectivity index (χ2n) is 6.83. The van der Waals surface area contributed by atoms with Gasteiger partial charge in [0.05, 0.1) is 29.9 Å². The third-order valence-corrected chi connectivity index (χ3v) is 5.46. The first-order chi connectivity index (χ1) is 12.2. The normalized spacial score (nSPS) is 22.9. The van der Waals surface area contributed by atoms with Gasteiger partial charge in [-0.1, -0.05) is 6.92 Å². The predicted molar refractivity (Wildman–Crippen MR) is 94.6 cm³/mol. The first kappa shape index (κ1) is 15.8. The number of aromatic nitrogens is 5. The van der Waals surface area contributed by atoms with E-state index in [2.05, 4.69) is 45.0 Å². The maximum absolute atomic E-state index is 9.32. The van der Waals surface area contributed by atoms with Crippen molar-refractivity contribution < 1.29 is 0 Å². The Bertz CT molecular complexity index is 926. The Kier molecular flexibility index (Phi) is 3.77. The lowest BCUT2D eigenvalue weighted by molar-refractivity contribution is 0.0194. The van der Waals surface area contributed by atoms with E-state index in [9.17, 15) is 5.26 Å². The third kappa shape index (κ3) is 2.50. The Morgan fingerprint density at radius 1 is 1.44 bits per heavy atom. The molecular formula is C18H21N7. The average molecular weight is 335 g/mol. The fourth-order valence-corrected chi connectivity index (χ4v) is 3.75. The SMILES string of the molecule is CCN(C)C1CC(CC#N)(n2cc(-c3ncnc4[nH]ccc34)cn2)C1. The van der Waals surface area contributed by atoms with E-state index in [4.69, 9.17) is 0 Å². The lowest BCUT2D eigenvalue weighted by Gasteiger charge is -2.49. The average Bonchev–Trinajstić information content (AvgIpc) is 3.25. The molecule has 0 saturated heterocycles. The van der Waals surface area contributed by atoms with E-state index in [0.717, 1.165) is 41.7 Å². The smallest absolute Gasteiger partial charge is 0.141 e. The molecule has 7 nitrogen and oxygen atoms in total. The van der Waals surface area contributed by atoms with Gasteiger partial charge >= 0.3 is 0 Å². The molecule has 0 aliphatic heterocycles. The van der Waals surface area contributed by atoms with Crippen molar-refractivity contribution in [3.05, 3.63) is 31.0 Å². The monoisotopic (exact) mass is 335 g/mol. The summed E-state index contributed by atoms with van der Waals surface area (Å²) in [6, 6.07) is 4.84. The number of H-pyrrole nitrogens is 1. The number of hydrogen-bond donors (Lipinski definition) is 1. The molecule has 1 fully saturated rings. The summed E-state index contributed by atoms with van der Waals surface area (Å²) in [4.78, 5) is 14.1. The van der Waals surface area contributed by atoms with Crippen molar-refractivity contribution in [2.45, 2.75) is 37.8 Å². The van der Waals surface area contributed by atoms with E-state index >= 15 is 0 Å². The van der Waals surface area contributed by atoms with Crippen LogP contribution in [0.2, 0.25) is 0 Å². The number of hydrogen-bond acceptors (Lipinski definition) is 5. The van der Waals surface area contributed by atoms with Crippen molar-refractivity contribution in [3.63, 3.8) is 0 Å². The van der Waals surface area contributed by atoms with Gasteiger partial charge < -0.3 is 9.88 Å². The molecule has 4 rings (SSSR count). The molecule has 3 aromatic rings. The van der Waals surface area contributed by atoms with E-state index in [1.165, 1.54) is 0 Å². The Morgan fingerprint density at radius 2 is 2.28 bits per heavy atom. The molecule has 0 amide bonds. The van der Waals surface area contributed by atoms with Gasteiger partial charge in [0.2, 0.25) is 0 Å². The molecule has 0 spiro atoms. The summed E-state index contributed by atoms with van der Waals surface area (Å²) in [7, 11) is 2.14. The molecule has 0 aromatic carbocycles. The number of fused-ring (bicyclic) bond motifs is 1. The first-order valence-corrected chi connectivity index (χ1v) is 8.57. The lowest BCUT2D eigenvalue weighted by Crippen LogP contribution is -2.55. The quantitative estimate of drug-likeness (QED) is 0.774. The summed E-state index contributed by atoms with van der Waals surface area (Å²) in [6.45, 7) is 3.18. The Labute approximate surface area is 146 Å². The van der Waals surface area contributed by atoms with Gasteiger partial charge in [0.25, 0.3) is 0 Å². The van der Waals surface area contributed by atoms with Crippen LogP contribution in [0.1, 0.15) is 26.2 Å². The van der Waals surface area contributed by atoms with E-state index in [1.807, 2.05) is 29.3 Å². The van der Waals surface area contributed by atoms with Crippen LogP contribution in [-0.4, -0.2) is 49.3 Å². The highest BCUT2D eigenvalue weighted by molar-refractivity contribution is 5.89. The number of nitriles is 1. The fourth-order valence-electron chi connectivity index (χ4n) is 3.75. The van der Waals surface area contributed by atoms with Crippen molar-refractivity contribution >= 4 is 11.0 Å². The van der Waals surface area contributed by atoms with Gasteiger partial charge in [-0.05, 0) is 32.5 Å². The van der Waals surface area contributed by atoms with Crippen LogP contribution in [0.15, 0.2) is 31.0 Å². The third-order valence-electron chi connectivity index (χ3n) is 5.46. The van der Waals surface area contributed by atoms with Gasteiger partial charge in [0.15, 0.2) is 0 Å². The van der Waals surface area contributed by atoms with E-state index in [-0.39, 0.29) is 5.54 Å². The van der Waals surface area contributed by atoms with Gasteiger partial charge in [-0.25, -0.2) is 9.97 Å². The summed E-state index contributed by atoms with van der Waals surface area (Å²) in [5.41, 5.74) is 2.44. The Morgan fingerprint density at radius 3 is 3.04 bits per heavy atom. The van der Waals surface area contributed by atoms with Crippen LogP contribution in [0.5, 0.6) is 0 Å². The largest absolute Gasteiger partial charge is 0.346 e. The Hall–Kier alpha value is -2.72. The molecule has 0 bridgehead atoms. The van der Waals surface area contributed by atoms with E-state index in [1.54, 1.807) is 6.33 Å². The summed E-state index contributed by atoms with van der Waals surface area (Å²) >= 11 is 0. The molecule has 0 radical (unpaired) electrons. The van der Waals surface area contributed by atoms with Crippen LogP contribution in [0.3, 0.4) is 0 Å². The molecular weight excluding hydrogens is 314 g/mol. The van der Waals surface area contributed by atoms with Gasteiger partial charge in [0, 0.05) is 29.4 Å². The number of rotatable bonds is 5. The molecule has 7 heteroatoms. The van der Waals surface area contributed by atoms with Crippen LogP contribution in [-0.2, 0) is 5.54 Å². The van der Waals surface area contributed by atoms with Crippen LogP contribution in [0, 0.1) is 11.3 Å². The number of nitrogens with one attached hydrogen (secondary N) is 1. The summed E-state index contributed by atoms with van der Waals surface area (Å²) < 4.78 is 1.98. The van der Waals surface area contributed by atoms with Crippen molar-refractivity contribution in [1.82, 2.24) is 29.6 Å². The van der Waals surface area contributed by atoms with Gasteiger partial charge in [-0.15, -0.1) is 0 Å². The summed E-state index contributed by atoms with van der Waals surface area (Å²) in [5.74, 6) is 0. The zero-order valence-corrected chi connectivity index (χ0v) is 14.5. The molecule has 0 unspecified atom stereocenters. The standard InChI is InChI=1S/C18H21N7/c1-3-24(2)14-8-18(9-14,5-6-19)25-11-13(10-23-25)16-15-4-7-20-17(15)22-12-21-16/h4,7,10-12,14H,3,5,8-9H2,1-2H3,(H,20,21,22). The number of aromatic amines is 1. The van der Waals surface area contributed by atoms with Crippen molar-refractivity contribution in [2.75, 3.05) is 13.6 Å². The zero-order valence-electron chi connectivity index (χ0n) is 14.5. The number of nitrogens with zero attached hydrogens (tertiary/aromatic N) is 6. The maximum atomic E-state index is 9.32. The highest BCUT2D eigenvalue weighted by Gasteiger charge is 2.47. The molecule has 128 valence electrons. The second kappa shape index (κ2) is 5.97. The molecule has 1 saturated carbocycles. The minimum Gasteiger partial charge on any atom is -0.346 e. The highest BCUT2D eigenvalue weighted by Crippen LogP contribution is 2.44. The maximum Gasteiger partial charge on any atom is 0.141 e. The second-order valence-corrected chi connectivity index (χ2v) is 6.83. The Balaban J connectivity index is 1.66.